The van der Waals surface area contributed by atoms with Gasteiger partial charge in [0.25, 0.3) is 5.91 Å². The van der Waals surface area contributed by atoms with Crippen molar-refractivity contribution in [1.29, 1.82) is 0 Å². The van der Waals surface area contributed by atoms with Crippen molar-refractivity contribution in [2.24, 2.45) is 5.92 Å². The van der Waals surface area contributed by atoms with Gasteiger partial charge in [0.1, 0.15) is 5.60 Å². The van der Waals surface area contributed by atoms with E-state index in [9.17, 15) is 18.4 Å². The van der Waals surface area contributed by atoms with Gasteiger partial charge in [0, 0.05) is 19.4 Å². The highest BCUT2D eigenvalue weighted by Gasteiger charge is 2.38. The molecule has 0 bridgehead atoms. The van der Waals surface area contributed by atoms with Crippen LogP contribution in [0.5, 0.6) is 0 Å². The largest absolute Gasteiger partial charge is 0.460 e. The summed E-state index contributed by atoms with van der Waals surface area (Å²) in [6.07, 6.45) is -0.114. The van der Waals surface area contributed by atoms with Gasteiger partial charge in [0.2, 0.25) is 0 Å². The number of carbonyl (C=O) groups is 2. The van der Waals surface area contributed by atoms with Crippen LogP contribution in [0.25, 0.3) is 0 Å². The molecule has 0 aromatic carbocycles. The molecule has 1 amide bonds. The predicted octanol–water partition coefficient (Wildman–Crippen LogP) is 2.91. The fourth-order valence-corrected chi connectivity index (χ4v) is 1.56. The van der Waals surface area contributed by atoms with Crippen LogP contribution in [0, 0.1) is 5.92 Å². The topological polar surface area (TPSA) is 55.4 Å². The number of nitrogens with one attached hydrogen (secondary N) is 1. The van der Waals surface area contributed by atoms with Crippen molar-refractivity contribution in [1.82, 2.24) is 5.32 Å². The maximum Gasteiger partial charge on any atom is 0.324 e. The lowest BCUT2D eigenvalue weighted by molar-refractivity contribution is -0.155. The van der Waals surface area contributed by atoms with Gasteiger partial charge >= 0.3 is 11.9 Å². The summed E-state index contributed by atoms with van der Waals surface area (Å²) >= 11 is 0. The molecule has 118 valence electrons. The van der Waals surface area contributed by atoms with E-state index in [1.165, 1.54) is 0 Å². The summed E-state index contributed by atoms with van der Waals surface area (Å²) in [5.41, 5.74) is -0.565. The molecule has 0 saturated heterocycles. The zero-order valence-corrected chi connectivity index (χ0v) is 12.9. The lowest BCUT2D eigenvalue weighted by atomic mass is 10.0. The number of ether oxygens (including phenoxy) is 1. The molecule has 0 fully saturated rings. The van der Waals surface area contributed by atoms with Gasteiger partial charge in [-0.3, -0.25) is 9.59 Å². The standard InChI is InChI=1S/C14H25F2NO3/c1-10(2)9-14(15,16)12(19)17-8-6-7-11(18)20-13(3,4)5/h10H,6-9H2,1-5H3,(H,17,19). The molecular weight excluding hydrogens is 268 g/mol. The molecule has 0 unspecified atom stereocenters. The van der Waals surface area contributed by atoms with Crippen LogP contribution in [0.2, 0.25) is 0 Å². The van der Waals surface area contributed by atoms with Gasteiger partial charge in [-0.15, -0.1) is 0 Å². The van der Waals surface area contributed by atoms with Gasteiger partial charge < -0.3 is 10.1 Å². The third kappa shape index (κ3) is 8.82. The van der Waals surface area contributed by atoms with Crippen molar-refractivity contribution >= 4 is 11.9 Å². The second-order valence-corrected chi connectivity index (χ2v) is 6.25. The molecule has 0 spiro atoms. The van der Waals surface area contributed by atoms with Crippen LogP contribution in [0.15, 0.2) is 0 Å². The molecule has 0 aromatic rings. The van der Waals surface area contributed by atoms with Gasteiger partial charge in [0.15, 0.2) is 0 Å². The van der Waals surface area contributed by atoms with Crippen LogP contribution in [0.3, 0.4) is 0 Å². The number of alkyl halides is 2. The molecule has 1 N–H and O–H groups in total. The first kappa shape index (κ1) is 18.8. The molecule has 0 radical (unpaired) electrons. The molecular formula is C14H25F2NO3. The second-order valence-electron chi connectivity index (χ2n) is 6.25. The summed E-state index contributed by atoms with van der Waals surface area (Å²) in [4.78, 5) is 22.7. The van der Waals surface area contributed by atoms with Crippen LogP contribution in [-0.2, 0) is 14.3 Å². The summed E-state index contributed by atoms with van der Waals surface area (Å²) in [5, 5.41) is 2.15. The zero-order valence-electron chi connectivity index (χ0n) is 12.9. The maximum atomic E-state index is 13.4. The summed E-state index contributed by atoms with van der Waals surface area (Å²) in [5.74, 6) is -5.31. The third-order valence-electron chi connectivity index (χ3n) is 2.26. The second kappa shape index (κ2) is 7.55. The van der Waals surface area contributed by atoms with Crippen molar-refractivity contribution in [2.75, 3.05) is 6.54 Å². The average Bonchev–Trinajstić information content (AvgIpc) is 2.19. The Bertz CT molecular complexity index is 336. The van der Waals surface area contributed by atoms with Gasteiger partial charge in [-0.25, -0.2) is 0 Å². The molecule has 0 aliphatic carbocycles. The Morgan fingerprint density at radius 3 is 2.20 bits per heavy atom. The van der Waals surface area contributed by atoms with Crippen LogP contribution >= 0.6 is 0 Å². The Hall–Kier alpha value is -1.20. The number of rotatable bonds is 7. The first-order chi connectivity index (χ1) is 8.94. The Kier molecular flexibility index (Phi) is 7.09. The first-order valence-electron chi connectivity index (χ1n) is 6.82. The smallest absolute Gasteiger partial charge is 0.324 e. The Morgan fingerprint density at radius 2 is 1.75 bits per heavy atom. The minimum absolute atomic E-state index is 0.0335. The average molecular weight is 293 g/mol. The highest BCUT2D eigenvalue weighted by Crippen LogP contribution is 2.23. The minimum atomic E-state index is -3.36. The fraction of sp³-hybridized carbons (Fsp3) is 0.857. The summed E-state index contributed by atoms with van der Waals surface area (Å²) in [6, 6.07) is 0. The van der Waals surface area contributed by atoms with Crippen LogP contribution in [-0.4, -0.2) is 29.9 Å². The normalized spacial score (nSPS) is 12.4. The monoisotopic (exact) mass is 293 g/mol. The molecule has 4 nitrogen and oxygen atoms in total. The molecule has 0 atom stereocenters. The highest BCUT2D eigenvalue weighted by atomic mass is 19.3. The van der Waals surface area contributed by atoms with Crippen LogP contribution < -0.4 is 5.32 Å². The predicted molar refractivity (Wildman–Crippen MR) is 72.5 cm³/mol. The van der Waals surface area contributed by atoms with E-state index in [1.54, 1.807) is 34.6 Å². The molecule has 0 aliphatic rings. The van der Waals surface area contributed by atoms with Crippen LogP contribution in [0.4, 0.5) is 8.78 Å². The van der Waals surface area contributed by atoms with Gasteiger partial charge in [-0.2, -0.15) is 8.78 Å². The molecule has 6 heteroatoms. The maximum absolute atomic E-state index is 13.4. The SMILES string of the molecule is CC(C)CC(F)(F)C(=O)NCCCC(=O)OC(C)(C)C. The third-order valence-corrected chi connectivity index (χ3v) is 2.26. The van der Waals surface area contributed by atoms with E-state index in [-0.39, 0.29) is 25.3 Å². The van der Waals surface area contributed by atoms with Crippen molar-refractivity contribution in [3.8, 4) is 0 Å². The minimum Gasteiger partial charge on any atom is -0.460 e. The summed E-state index contributed by atoms with van der Waals surface area (Å²) < 4.78 is 31.8. The number of halogens is 2. The van der Waals surface area contributed by atoms with Gasteiger partial charge in [0.05, 0.1) is 0 Å². The summed E-state index contributed by atoms with van der Waals surface area (Å²) in [7, 11) is 0. The van der Waals surface area contributed by atoms with E-state index < -0.39 is 29.8 Å². The lowest BCUT2D eigenvalue weighted by Crippen LogP contribution is -2.41. The van der Waals surface area contributed by atoms with E-state index in [0.29, 0.717) is 0 Å². The van der Waals surface area contributed by atoms with E-state index >= 15 is 0 Å². The zero-order chi connectivity index (χ0) is 16.0. The van der Waals surface area contributed by atoms with Crippen molar-refractivity contribution in [2.45, 2.75) is 65.4 Å². The number of hydrogen-bond donors (Lipinski definition) is 1. The Labute approximate surface area is 119 Å². The Balaban J connectivity index is 3.96. The lowest BCUT2D eigenvalue weighted by Gasteiger charge is -2.20. The van der Waals surface area contributed by atoms with E-state index in [0.717, 1.165) is 0 Å². The molecule has 0 saturated carbocycles. The number of carbonyl (C=O) groups excluding carboxylic acids is 2. The van der Waals surface area contributed by atoms with Crippen molar-refractivity contribution in [3.05, 3.63) is 0 Å². The van der Waals surface area contributed by atoms with E-state index in [2.05, 4.69) is 5.32 Å². The molecule has 0 heterocycles. The van der Waals surface area contributed by atoms with Crippen molar-refractivity contribution in [3.63, 3.8) is 0 Å². The van der Waals surface area contributed by atoms with Crippen molar-refractivity contribution < 1.29 is 23.1 Å². The fourth-order valence-electron chi connectivity index (χ4n) is 1.56. The van der Waals surface area contributed by atoms with E-state index in [4.69, 9.17) is 4.74 Å². The van der Waals surface area contributed by atoms with E-state index in [1.807, 2.05) is 0 Å². The molecule has 20 heavy (non-hydrogen) atoms. The number of esters is 1. The van der Waals surface area contributed by atoms with Gasteiger partial charge in [-0.05, 0) is 33.1 Å². The number of hydrogen-bond acceptors (Lipinski definition) is 3. The highest BCUT2D eigenvalue weighted by molar-refractivity contribution is 5.83. The Morgan fingerprint density at radius 1 is 1.20 bits per heavy atom. The molecule has 0 aliphatic heterocycles. The quantitative estimate of drug-likeness (QED) is 0.580. The van der Waals surface area contributed by atoms with Gasteiger partial charge in [-0.1, -0.05) is 13.8 Å². The summed E-state index contributed by atoms with van der Waals surface area (Å²) in [6.45, 7) is 8.54. The first-order valence-corrected chi connectivity index (χ1v) is 6.82. The number of amides is 1. The molecule has 0 aromatic heterocycles. The molecule has 0 rings (SSSR count). The van der Waals surface area contributed by atoms with Crippen LogP contribution in [0.1, 0.15) is 53.9 Å².